The zero-order valence-corrected chi connectivity index (χ0v) is 14.7. The van der Waals surface area contributed by atoms with E-state index in [0.29, 0.717) is 23.6 Å². The van der Waals surface area contributed by atoms with Crippen LogP contribution in [0.4, 0.5) is 0 Å². The van der Waals surface area contributed by atoms with E-state index in [-0.39, 0.29) is 11.3 Å². The zero-order valence-electron chi connectivity index (χ0n) is 14.7. The van der Waals surface area contributed by atoms with Crippen LogP contribution < -0.4 is 14.8 Å². The third kappa shape index (κ3) is 4.22. The normalized spacial score (nSPS) is 11.0. The number of aromatic nitrogens is 2. The van der Waals surface area contributed by atoms with E-state index in [1.165, 1.54) is 6.33 Å². The second-order valence-electron chi connectivity index (χ2n) is 6.43. The van der Waals surface area contributed by atoms with Crippen LogP contribution in [0, 0.1) is 0 Å². The SMILES string of the molecule is COc1cc(OC)cc(C(=O)NCc2cncnc2C(C)(C)C)c1. The van der Waals surface area contributed by atoms with Crippen molar-refractivity contribution >= 4 is 5.91 Å². The molecule has 0 spiro atoms. The maximum absolute atomic E-state index is 12.5. The van der Waals surface area contributed by atoms with Gasteiger partial charge >= 0.3 is 0 Å². The van der Waals surface area contributed by atoms with Crippen molar-refractivity contribution < 1.29 is 14.3 Å². The minimum absolute atomic E-state index is 0.123. The summed E-state index contributed by atoms with van der Waals surface area (Å²) in [6.07, 6.45) is 3.26. The van der Waals surface area contributed by atoms with E-state index < -0.39 is 0 Å². The fourth-order valence-corrected chi connectivity index (χ4v) is 2.38. The predicted molar refractivity (Wildman–Crippen MR) is 91.4 cm³/mol. The van der Waals surface area contributed by atoms with Crippen molar-refractivity contribution in [2.24, 2.45) is 0 Å². The van der Waals surface area contributed by atoms with E-state index >= 15 is 0 Å². The number of rotatable bonds is 5. The first kappa shape index (κ1) is 17.7. The first-order chi connectivity index (χ1) is 11.3. The van der Waals surface area contributed by atoms with Crippen molar-refractivity contribution in [3.63, 3.8) is 0 Å². The lowest BCUT2D eigenvalue weighted by Gasteiger charge is -2.21. The summed E-state index contributed by atoms with van der Waals surface area (Å²) in [5.41, 5.74) is 2.16. The highest BCUT2D eigenvalue weighted by atomic mass is 16.5. The molecule has 0 bridgehead atoms. The van der Waals surface area contributed by atoms with Crippen LogP contribution >= 0.6 is 0 Å². The van der Waals surface area contributed by atoms with Gasteiger partial charge in [0.05, 0.1) is 19.9 Å². The molecule has 0 saturated carbocycles. The Bertz CT molecular complexity index is 701. The second kappa shape index (κ2) is 7.29. The zero-order chi connectivity index (χ0) is 17.7. The monoisotopic (exact) mass is 329 g/mol. The Kier molecular flexibility index (Phi) is 5.39. The minimum atomic E-state index is -0.212. The number of methoxy groups -OCH3 is 2. The van der Waals surface area contributed by atoms with Crippen molar-refractivity contribution in [2.75, 3.05) is 14.2 Å². The lowest BCUT2D eigenvalue weighted by atomic mass is 9.89. The van der Waals surface area contributed by atoms with Crippen LogP contribution in [0.2, 0.25) is 0 Å². The summed E-state index contributed by atoms with van der Waals surface area (Å²) in [5.74, 6) is 0.923. The molecule has 0 aliphatic carbocycles. The third-order valence-corrected chi connectivity index (χ3v) is 3.55. The van der Waals surface area contributed by atoms with Crippen LogP contribution in [0.25, 0.3) is 0 Å². The molecular formula is C18H23N3O3. The van der Waals surface area contributed by atoms with Crippen molar-refractivity contribution in [1.29, 1.82) is 0 Å². The highest BCUT2D eigenvalue weighted by Gasteiger charge is 2.20. The molecular weight excluding hydrogens is 306 g/mol. The van der Waals surface area contributed by atoms with Crippen LogP contribution in [-0.2, 0) is 12.0 Å². The molecule has 2 aromatic rings. The molecule has 6 heteroatoms. The quantitative estimate of drug-likeness (QED) is 0.913. The van der Waals surface area contributed by atoms with E-state index in [1.807, 2.05) is 0 Å². The van der Waals surface area contributed by atoms with Crippen molar-refractivity contribution in [3.8, 4) is 11.5 Å². The molecule has 0 aliphatic heterocycles. The number of hydrogen-bond acceptors (Lipinski definition) is 5. The molecule has 6 nitrogen and oxygen atoms in total. The van der Waals surface area contributed by atoms with Gasteiger partial charge in [0.15, 0.2) is 0 Å². The molecule has 1 heterocycles. The average Bonchev–Trinajstić information content (AvgIpc) is 2.58. The van der Waals surface area contributed by atoms with Crippen molar-refractivity contribution in [1.82, 2.24) is 15.3 Å². The number of carbonyl (C=O) groups is 1. The molecule has 1 amide bonds. The summed E-state index contributed by atoms with van der Waals surface area (Å²) < 4.78 is 10.4. The van der Waals surface area contributed by atoms with Crippen LogP contribution in [0.5, 0.6) is 11.5 Å². The predicted octanol–water partition coefficient (Wildman–Crippen LogP) is 2.72. The van der Waals surface area contributed by atoms with Crippen LogP contribution in [0.15, 0.2) is 30.7 Å². The fourth-order valence-electron chi connectivity index (χ4n) is 2.38. The van der Waals surface area contributed by atoms with Crippen molar-refractivity contribution in [2.45, 2.75) is 32.7 Å². The molecule has 0 saturated heterocycles. The van der Waals surface area contributed by atoms with Gasteiger partial charge in [-0.15, -0.1) is 0 Å². The van der Waals surface area contributed by atoms with E-state index in [0.717, 1.165) is 11.3 Å². The smallest absolute Gasteiger partial charge is 0.251 e. The van der Waals surface area contributed by atoms with E-state index in [9.17, 15) is 4.79 Å². The summed E-state index contributed by atoms with van der Waals surface area (Å²) in [5, 5.41) is 2.90. The number of hydrogen-bond donors (Lipinski definition) is 1. The number of nitrogens with zero attached hydrogens (tertiary/aromatic N) is 2. The average molecular weight is 329 g/mol. The molecule has 0 unspecified atom stereocenters. The molecule has 0 aliphatic rings. The molecule has 1 aromatic heterocycles. The molecule has 0 radical (unpaired) electrons. The summed E-state index contributed by atoms with van der Waals surface area (Å²) in [7, 11) is 3.10. The maximum atomic E-state index is 12.5. The van der Waals surface area contributed by atoms with Crippen LogP contribution in [0.1, 0.15) is 42.4 Å². The lowest BCUT2D eigenvalue weighted by molar-refractivity contribution is 0.0950. The fraction of sp³-hybridized carbons (Fsp3) is 0.389. The standard InChI is InChI=1S/C18H23N3O3/c1-18(2,3)16-13(9-19-11-21-16)10-20-17(22)12-6-14(23-4)8-15(7-12)24-5/h6-9,11H,10H2,1-5H3,(H,20,22). The van der Waals surface area contributed by atoms with Crippen molar-refractivity contribution in [3.05, 3.63) is 47.5 Å². The lowest BCUT2D eigenvalue weighted by Crippen LogP contribution is -2.26. The Balaban J connectivity index is 2.17. The van der Waals surface area contributed by atoms with Gasteiger partial charge in [0.25, 0.3) is 5.91 Å². The van der Waals surface area contributed by atoms with Gasteiger partial charge in [-0.1, -0.05) is 20.8 Å². The van der Waals surface area contributed by atoms with Gasteiger partial charge in [0.2, 0.25) is 0 Å². The first-order valence-electron chi connectivity index (χ1n) is 7.65. The topological polar surface area (TPSA) is 73.3 Å². The van der Waals surface area contributed by atoms with E-state index in [2.05, 4.69) is 36.1 Å². The Morgan fingerprint density at radius 2 is 1.75 bits per heavy atom. The van der Waals surface area contributed by atoms with Gasteiger partial charge in [-0.25, -0.2) is 9.97 Å². The van der Waals surface area contributed by atoms with Crippen LogP contribution in [0.3, 0.4) is 0 Å². The summed E-state index contributed by atoms with van der Waals surface area (Å²) in [6, 6.07) is 5.06. The highest BCUT2D eigenvalue weighted by Crippen LogP contribution is 2.24. The number of benzene rings is 1. The molecule has 0 fully saturated rings. The van der Waals surface area contributed by atoms with Gasteiger partial charge in [0, 0.05) is 35.3 Å². The van der Waals surface area contributed by atoms with Gasteiger partial charge in [-0.2, -0.15) is 0 Å². The largest absolute Gasteiger partial charge is 0.497 e. The Morgan fingerprint density at radius 3 is 2.29 bits per heavy atom. The maximum Gasteiger partial charge on any atom is 0.251 e. The molecule has 1 aromatic carbocycles. The first-order valence-corrected chi connectivity index (χ1v) is 7.65. The second-order valence-corrected chi connectivity index (χ2v) is 6.43. The highest BCUT2D eigenvalue weighted by molar-refractivity contribution is 5.95. The molecule has 1 N–H and O–H groups in total. The summed E-state index contributed by atoms with van der Waals surface area (Å²) >= 11 is 0. The number of amides is 1. The molecule has 2 rings (SSSR count). The van der Waals surface area contributed by atoms with E-state index in [4.69, 9.17) is 9.47 Å². The number of carbonyl (C=O) groups excluding carboxylic acids is 1. The number of ether oxygens (including phenoxy) is 2. The molecule has 128 valence electrons. The van der Waals surface area contributed by atoms with E-state index in [1.54, 1.807) is 38.6 Å². The van der Waals surface area contributed by atoms with Gasteiger partial charge in [-0.3, -0.25) is 4.79 Å². The summed E-state index contributed by atoms with van der Waals surface area (Å²) in [6.45, 7) is 6.58. The summed E-state index contributed by atoms with van der Waals surface area (Å²) in [4.78, 5) is 20.9. The third-order valence-electron chi connectivity index (χ3n) is 3.55. The Hall–Kier alpha value is -2.63. The molecule has 24 heavy (non-hydrogen) atoms. The minimum Gasteiger partial charge on any atom is -0.497 e. The number of nitrogens with one attached hydrogen (secondary N) is 1. The van der Waals surface area contributed by atoms with Crippen LogP contribution in [-0.4, -0.2) is 30.1 Å². The Morgan fingerprint density at radius 1 is 1.12 bits per heavy atom. The van der Waals surface area contributed by atoms with Gasteiger partial charge in [0.1, 0.15) is 17.8 Å². The van der Waals surface area contributed by atoms with Gasteiger partial charge in [-0.05, 0) is 12.1 Å². The molecule has 0 atom stereocenters. The Labute approximate surface area is 142 Å². The van der Waals surface area contributed by atoms with Gasteiger partial charge < -0.3 is 14.8 Å².